The molecule has 0 saturated carbocycles. The molecule has 5 rings (SSSR count). The zero-order valence-electron chi connectivity index (χ0n) is 19.2. The van der Waals surface area contributed by atoms with Crippen LogP contribution in [0.5, 0.6) is 0 Å². The van der Waals surface area contributed by atoms with Gasteiger partial charge in [0.25, 0.3) is 5.91 Å². The summed E-state index contributed by atoms with van der Waals surface area (Å²) >= 11 is 11.5. The second kappa shape index (κ2) is 9.91. The van der Waals surface area contributed by atoms with Gasteiger partial charge in [-0.05, 0) is 71.0 Å². The summed E-state index contributed by atoms with van der Waals surface area (Å²) in [6.45, 7) is 0.354. The summed E-state index contributed by atoms with van der Waals surface area (Å²) in [4.78, 5) is 15.1. The van der Waals surface area contributed by atoms with E-state index in [2.05, 4.69) is 15.8 Å². The Morgan fingerprint density at radius 2 is 1.73 bits per heavy atom. The van der Waals surface area contributed by atoms with Gasteiger partial charge in [0.2, 0.25) is 10.0 Å². The lowest BCUT2D eigenvalue weighted by Gasteiger charge is -2.18. The van der Waals surface area contributed by atoms with E-state index in [-0.39, 0.29) is 21.6 Å². The van der Waals surface area contributed by atoms with Gasteiger partial charge in [-0.1, -0.05) is 54.1 Å². The second-order valence-electron chi connectivity index (χ2n) is 8.29. The van der Waals surface area contributed by atoms with Crippen molar-refractivity contribution in [3.05, 3.63) is 101 Å². The van der Waals surface area contributed by atoms with Gasteiger partial charge < -0.3 is 10.2 Å². The lowest BCUT2D eigenvalue weighted by molar-refractivity contribution is -0.112. The van der Waals surface area contributed by atoms with Gasteiger partial charge in [-0.3, -0.25) is 10.2 Å². The summed E-state index contributed by atoms with van der Waals surface area (Å²) < 4.78 is 22.9. The Labute approximate surface area is 223 Å². The molecule has 0 atom stereocenters. The van der Waals surface area contributed by atoms with Gasteiger partial charge in [-0.15, -0.1) is 0 Å². The van der Waals surface area contributed by atoms with E-state index in [4.69, 9.17) is 29.0 Å². The molecule has 4 aromatic rings. The van der Waals surface area contributed by atoms with Crippen LogP contribution in [-0.4, -0.2) is 25.1 Å². The van der Waals surface area contributed by atoms with Crippen molar-refractivity contribution >= 4 is 72.7 Å². The predicted molar refractivity (Wildman–Crippen MR) is 150 cm³/mol. The van der Waals surface area contributed by atoms with Crippen molar-refractivity contribution in [2.24, 2.45) is 10.2 Å². The maximum Gasteiger partial charge on any atom is 0.279 e. The molecule has 11 heteroatoms. The maximum absolute atomic E-state index is 13.5. The Balaban J connectivity index is 1.39. The fourth-order valence-electron chi connectivity index (χ4n) is 4.15. The van der Waals surface area contributed by atoms with Crippen molar-refractivity contribution in [3.8, 4) is 0 Å². The quantitative estimate of drug-likeness (QED) is 0.251. The zero-order chi connectivity index (χ0) is 26.2. The first-order valence-corrected chi connectivity index (χ1v) is 13.4. The van der Waals surface area contributed by atoms with Crippen LogP contribution < -0.4 is 20.8 Å². The molecule has 0 saturated heterocycles. The molecule has 0 aliphatic carbocycles. The van der Waals surface area contributed by atoms with Crippen LogP contribution in [0.2, 0.25) is 5.02 Å². The van der Waals surface area contributed by atoms with E-state index in [0.29, 0.717) is 28.5 Å². The minimum atomic E-state index is -3.80. The molecule has 4 aromatic carbocycles. The number of anilines is 2. The van der Waals surface area contributed by atoms with Crippen LogP contribution in [0.25, 0.3) is 10.8 Å². The first-order chi connectivity index (χ1) is 17.7. The third kappa shape index (κ3) is 5.18. The second-order valence-corrected chi connectivity index (χ2v) is 10.7. The predicted octanol–water partition coefficient (Wildman–Crippen LogP) is 4.38. The number of benzene rings is 4. The number of carbonyl (C=O) groups is 1. The van der Waals surface area contributed by atoms with Crippen LogP contribution in [0.1, 0.15) is 11.1 Å². The average Bonchev–Trinajstić information content (AvgIpc) is 3.12. The summed E-state index contributed by atoms with van der Waals surface area (Å²) in [7, 11) is -3.80. The molecule has 0 aromatic heterocycles. The fraction of sp³-hybridized carbons (Fsp3) is 0.0385. The third-order valence-corrected chi connectivity index (χ3v) is 7.23. The van der Waals surface area contributed by atoms with Crippen molar-refractivity contribution in [2.75, 3.05) is 10.2 Å². The Kier molecular flexibility index (Phi) is 6.65. The van der Waals surface area contributed by atoms with Gasteiger partial charge in [0.1, 0.15) is 0 Å². The van der Waals surface area contributed by atoms with Gasteiger partial charge in [0.05, 0.1) is 17.1 Å². The number of nitrogens with two attached hydrogens (primary N) is 1. The SMILES string of the molecule is NS(=O)(=O)c1ccc(NC(=S)NN=C2C(=O)N(Cc3cccc4ccccc34)c3ccc(Cl)cc32)cc1. The molecule has 186 valence electrons. The van der Waals surface area contributed by atoms with Crippen LogP contribution in [0, 0.1) is 0 Å². The van der Waals surface area contributed by atoms with Crippen LogP contribution in [-0.2, 0) is 21.4 Å². The van der Waals surface area contributed by atoms with Crippen molar-refractivity contribution in [3.63, 3.8) is 0 Å². The molecule has 0 spiro atoms. The molecule has 8 nitrogen and oxygen atoms in total. The van der Waals surface area contributed by atoms with Crippen molar-refractivity contribution in [2.45, 2.75) is 11.4 Å². The number of nitrogens with zero attached hydrogens (tertiary/aromatic N) is 2. The Morgan fingerprint density at radius 3 is 2.49 bits per heavy atom. The lowest BCUT2D eigenvalue weighted by Crippen LogP contribution is -2.32. The summed E-state index contributed by atoms with van der Waals surface area (Å²) in [5.41, 5.74) is 5.67. The Bertz CT molecular complexity index is 1680. The number of primary sulfonamides is 1. The van der Waals surface area contributed by atoms with Gasteiger partial charge in [-0.25, -0.2) is 13.6 Å². The van der Waals surface area contributed by atoms with Gasteiger partial charge in [0.15, 0.2) is 10.8 Å². The number of hydrogen-bond donors (Lipinski definition) is 3. The fourth-order valence-corrected chi connectivity index (χ4v) is 5.00. The Morgan fingerprint density at radius 1 is 1.00 bits per heavy atom. The smallest absolute Gasteiger partial charge is 0.279 e. The molecule has 37 heavy (non-hydrogen) atoms. The van der Waals surface area contributed by atoms with Crippen molar-refractivity contribution in [1.29, 1.82) is 0 Å². The molecule has 1 aliphatic heterocycles. The van der Waals surface area contributed by atoms with E-state index in [9.17, 15) is 13.2 Å². The first-order valence-electron chi connectivity index (χ1n) is 11.1. The highest BCUT2D eigenvalue weighted by atomic mass is 35.5. The number of thiocarbonyl (C=S) groups is 1. The normalized spacial score (nSPS) is 14.2. The number of fused-ring (bicyclic) bond motifs is 2. The van der Waals surface area contributed by atoms with Crippen LogP contribution in [0.4, 0.5) is 11.4 Å². The highest BCUT2D eigenvalue weighted by Crippen LogP contribution is 2.34. The maximum atomic E-state index is 13.5. The number of amides is 1. The standard InChI is InChI=1S/C26H20ClN5O3S2/c27-18-8-13-23-22(14-18)24(30-31-26(36)29-19-9-11-20(12-10-19)37(28,34)35)25(33)32(23)15-17-6-3-5-16-4-1-2-7-21(16)17/h1-14H,15H2,(H2,28,34,35)(H2,29,31,36). The summed E-state index contributed by atoms with van der Waals surface area (Å²) in [6.07, 6.45) is 0. The van der Waals surface area contributed by atoms with E-state index < -0.39 is 10.0 Å². The van der Waals surface area contributed by atoms with Gasteiger partial charge in [-0.2, -0.15) is 5.10 Å². The van der Waals surface area contributed by atoms with E-state index in [1.165, 1.54) is 24.3 Å². The molecule has 1 heterocycles. The van der Waals surface area contributed by atoms with Crippen molar-refractivity contribution in [1.82, 2.24) is 5.43 Å². The number of hydrazone groups is 1. The molecule has 4 N–H and O–H groups in total. The van der Waals surface area contributed by atoms with E-state index >= 15 is 0 Å². The molecule has 1 amide bonds. The number of hydrogen-bond acceptors (Lipinski definition) is 5. The largest absolute Gasteiger partial charge is 0.331 e. The molecule has 0 unspecified atom stereocenters. The minimum Gasteiger partial charge on any atom is -0.331 e. The summed E-state index contributed by atoms with van der Waals surface area (Å²) in [5, 5.41) is 15.0. The molecule has 0 bridgehead atoms. The Hall–Kier alpha value is -3.83. The minimum absolute atomic E-state index is 0.0199. The number of nitrogens with one attached hydrogen (secondary N) is 2. The van der Waals surface area contributed by atoms with Gasteiger partial charge in [0, 0.05) is 16.3 Å². The van der Waals surface area contributed by atoms with E-state index in [0.717, 1.165) is 16.3 Å². The summed E-state index contributed by atoms with van der Waals surface area (Å²) in [6, 6.07) is 25.0. The molecule has 0 fully saturated rings. The number of halogens is 1. The van der Waals surface area contributed by atoms with Crippen LogP contribution in [0.3, 0.4) is 0 Å². The third-order valence-electron chi connectivity index (χ3n) is 5.87. The summed E-state index contributed by atoms with van der Waals surface area (Å²) in [5.74, 6) is -0.294. The molecular formula is C26H20ClN5O3S2. The molecule has 0 radical (unpaired) electrons. The highest BCUT2D eigenvalue weighted by molar-refractivity contribution is 7.89. The number of carbonyl (C=O) groups excluding carboxylic acids is 1. The first kappa shape index (κ1) is 24.8. The molecule has 1 aliphatic rings. The van der Waals surface area contributed by atoms with E-state index in [1.54, 1.807) is 23.1 Å². The van der Waals surface area contributed by atoms with Gasteiger partial charge >= 0.3 is 0 Å². The van der Waals surface area contributed by atoms with E-state index in [1.807, 2.05) is 42.5 Å². The highest BCUT2D eigenvalue weighted by Gasteiger charge is 2.34. The van der Waals surface area contributed by atoms with Crippen molar-refractivity contribution < 1.29 is 13.2 Å². The zero-order valence-corrected chi connectivity index (χ0v) is 21.6. The van der Waals surface area contributed by atoms with Crippen LogP contribution in [0.15, 0.2) is 94.9 Å². The number of sulfonamides is 1. The monoisotopic (exact) mass is 549 g/mol. The van der Waals surface area contributed by atoms with Crippen LogP contribution >= 0.6 is 23.8 Å². The topological polar surface area (TPSA) is 117 Å². The lowest BCUT2D eigenvalue weighted by atomic mass is 10.0. The average molecular weight is 550 g/mol. The molecular weight excluding hydrogens is 530 g/mol. The number of rotatable bonds is 5.